The number of allylic oxidation sites excluding steroid dienone is 1. The zero-order chi connectivity index (χ0) is 16.4. The minimum absolute atomic E-state index is 0.0629. The van der Waals surface area contributed by atoms with E-state index in [2.05, 4.69) is 5.32 Å². The van der Waals surface area contributed by atoms with E-state index in [1.807, 2.05) is 6.07 Å². The van der Waals surface area contributed by atoms with Crippen LogP contribution in [0.5, 0.6) is 5.75 Å². The molecule has 2 aromatic rings. The highest BCUT2D eigenvalue weighted by molar-refractivity contribution is 6.32. The van der Waals surface area contributed by atoms with Crippen LogP contribution in [0, 0.1) is 5.82 Å². The van der Waals surface area contributed by atoms with E-state index in [9.17, 15) is 9.18 Å². The summed E-state index contributed by atoms with van der Waals surface area (Å²) in [5.41, 5.74) is 3.13. The van der Waals surface area contributed by atoms with Gasteiger partial charge < -0.3 is 10.1 Å². The lowest BCUT2D eigenvalue weighted by molar-refractivity contribution is -0.120. The summed E-state index contributed by atoms with van der Waals surface area (Å²) in [6.45, 7) is 0. The van der Waals surface area contributed by atoms with Crippen LogP contribution in [0.15, 0.2) is 42.5 Å². The first-order valence-electron chi connectivity index (χ1n) is 7.21. The predicted octanol–water partition coefficient (Wildman–Crippen LogP) is 4.27. The Morgan fingerprint density at radius 3 is 2.57 bits per heavy atom. The summed E-state index contributed by atoms with van der Waals surface area (Å²) in [5, 5.41) is 3.46. The van der Waals surface area contributed by atoms with Crippen LogP contribution in [0.4, 0.5) is 4.39 Å². The van der Waals surface area contributed by atoms with Crippen LogP contribution in [0.1, 0.15) is 24.0 Å². The number of carbonyl (C=O) groups is 1. The average Bonchev–Trinajstić information content (AvgIpc) is 2.56. The van der Waals surface area contributed by atoms with E-state index in [4.69, 9.17) is 16.3 Å². The Morgan fingerprint density at radius 2 is 1.87 bits per heavy atom. The van der Waals surface area contributed by atoms with Crippen LogP contribution in [0.3, 0.4) is 0 Å². The van der Waals surface area contributed by atoms with E-state index in [1.165, 1.54) is 12.1 Å². The second-order valence-electron chi connectivity index (χ2n) is 5.25. The van der Waals surface area contributed by atoms with Crippen molar-refractivity contribution in [2.24, 2.45) is 0 Å². The molecule has 2 aromatic carbocycles. The van der Waals surface area contributed by atoms with Gasteiger partial charge in [-0.25, -0.2) is 4.39 Å². The highest BCUT2D eigenvalue weighted by Gasteiger charge is 2.22. The van der Waals surface area contributed by atoms with Crippen molar-refractivity contribution in [2.45, 2.75) is 12.8 Å². The van der Waals surface area contributed by atoms with Crippen molar-refractivity contribution in [3.8, 4) is 5.75 Å². The molecule has 0 fully saturated rings. The molecule has 3 rings (SSSR count). The number of nitrogens with one attached hydrogen (secondary N) is 1. The number of hydrogen-bond donors (Lipinski definition) is 1. The van der Waals surface area contributed by atoms with Gasteiger partial charge in [0.25, 0.3) is 0 Å². The zero-order valence-electron chi connectivity index (χ0n) is 12.5. The second-order valence-corrected chi connectivity index (χ2v) is 5.66. The molecule has 1 N–H and O–H groups in total. The van der Waals surface area contributed by atoms with Gasteiger partial charge in [-0.3, -0.25) is 4.79 Å². The molecule has 0 saturated heterocycles. The van der Waals surface area contributed by atoms with Crippen molar-refractivity contribution in [1.29, 1.82) is 0 Å². The molecule has 0 aromatic heterocycles. The van der Waals surface area contributed by atoms with Crippen LogP contribution in [-0.2, 0) is 4.79 Å². The summed E-state index contributed by atoms with van der Waals surface area (Å²) in [6.07, 6.45) is 0.943. The molecular weight excluding hydrogens is 317 g/mol. The molecular formula is C18H15ClFNO2. The van der Waals surface area contributed by atoms with Gasteiger partial charge in [0.05, 0.1) is 12.8 Å². The summed E-state index contributed by atoms with van der Waals surface area (Å²) in [7, 11) is 1.59. The lowest BCUT2D eigenvalue weighted by Crippen LogP contribution is -2.26. The zero-order valence-corrected chi connectivity index (χ0v) is 13.3. The standard InChI is InChI=1S/C18H15ClFNO2/c1-23-13-6-8-16(19)15(10-13)14-7-9-17(22)21-18(14)11-2-4-12(20)5-3-11/h2-6,8,10H,7,9H2,1H3,(H,21,22). The minimum Gasteiger partial charge on any atom is -0.497 e. The third kappa shape index (κ3) is 3.22. The summed E-state index contributed by atoms with van der Waals surface area (Å²) in [6, 6.07) is 11.4. The quantitative estimate of drug-likeness (QED) is 0.912. The van der Waals surface area contributed by atoms with Crippen LogP contribution in [0.25, 0.3) is 11.3 Å². The van der Waals surface area contributed by atoms with E-state index in [0.717, 1.165) is 16.7 Å². The smallest absolute Gasteiger partial charge is 0.224 e. The number of halogens is 2. The molecule has 5 heteroatoms. The number of amides is 1. The molecule has 1 aliphatic rings. The van der Waals surface area contributed by atoms with Gasteiger partial charge in [-0.15, -0.1) is 0 Å². The van der Waals surface area contributed by atoms with Crippen molar-refractivity contribution < 1.29 is 13.9 Å². The molecule has 23 heavy (non-hydrogen) atoms. The topological polar surface area (TPSA) is 38.3 Å². The van der Waals surface area contributed by atoms with Gasteiger partial charge in [-0.05, 0) is 60.0 Å². The number of methoxy groups -OCH3 is 1. The Morgan fingerprint density at radius 1 is 1.13 bits per heavy atom. The molecule has 118 valence electrons. The largest absolute Gasteiger partial charge is 0.497 e. The SMILES string of the molecule is COc1ccc(Cl)c(C2=C(c3ccc(F)cc3)NC(=O)CC2)c1. The van der Waals surface area contributed by atoms with Crippen LogP contribution in [0.2, 0.25) is 5.02 Å². The van der Waals surface area contributed by atoms with Gasteiger partial charge in [0, 0.05) is 17.0 Å². The molecule has 0 unspecified atom stereocenters. The Bertz CT molecular complexity index is 784. The maximum atomic E-state index is 13.2. The number of benzene rings is 2. The lowest BCUT2D eigenvalue weighted by atomic mass is 9.92. The normalized spacial score (nSPS) is 14.7. The number of carbonyl (C=O) groups excluding carboxylic acids is 1. The van der Waals surface area contributed by atoms with Gasteiger partial charge in [0.15, 0.2) is 0 Å². The van der Waals surface area contributed by atoms with Gasteiger partial charge >= 0.3 is 0 Å². The molecule has 1 amide bonds. The Labute approximate surface area is 138 Å². The highest BCUT2D eigenvalue weighted by Crippen LogP contribution is 2.37. The summed E-state index contributed by atoms with van der Waals surface area (Å²) in [4.78, 5) is 11.8. The van der Waals surface area contributed by atoms with Crippen molar-refractivity contribution in [2.75, 3.05) is 7.11 Å². The fourth-order valence-electron chi connectivity index (χ4n) is 2.64. The average molecular weight is 332 g/mol. The number of rotatable bonds is 3. The molecule has 0 saturated carbocycles. The minimum atomic E-state index is -0.322. The summed E-state index contributed by atoms with van der Waals surface area (Å²) in [5.74, 6) is 0.303. The monoisotopic (exact) mass is 331 g/mol. The van der Waals surface area contributed by atoms with Gasteiger partial charge in [-0.1, -0.05) is 11.6 Å². The van der Waals surface area contributed by atoms with E-state index in [1.54, 1.807) is 31.4 Å². The van der Waals surface area contributed by atoms with E-state index >= 15 is 0 Å². The van der Waals surface area contributed by atoms with Gasteiger partial charge in [0.1, 0.15) is 11.6 Å². The molecule has 0 spiro atoms. The van der Waals surface area contributed by atoms with Crippen molar-refractivity contribution >= 4 is 28.8 Å². The third-order valence-corrected chi connectivity index (χ3v) is 4.13. The van der Waals surface area contributed by atoms with E-state index in [0.29, 0.717) is 29.3 Å². The first-order valence-corrected chi connectivity index (χ1v) is 7.59. The first-order chi connectivity index (χ1) is 11.1. The van der Waals surface area contributed by atoms with Crippen LogP contribution in [-0.4, -0.2) is 13.0 Å². The maximum absolute atomic E-state index is 13.2. The van der Waals surface area contributed by atoms with Gasteiger partial charge in [-0.2, -0.15) is 0 Å². The second kappa shape index (κ2) is 6.42. The van der Waals surface area contributed by atoms with Crippen molar-refractivity contribution in [1.82, 2.24) is 5.32 Å². The molecule has 0 aliphatic carbocycles. The molecule has 1 heterocycles. The first kappa shape index (κ1) is 15.6. The molecule has 0 bridgehead atoms. The van der Waals surface area contributed by atoms with Crippen molar-refractivity contribution in [3.63, 3.8) is 0 Å². The fraction of sp³-hybridized carbons (Fsp3) is 0.167. The highest BCUT2D eigenvalue weighted by atomic mass is 35.5. The van der Waals surface area contributed by atoms with Crippen molar-refractivity contribution in [3.05, 3.63) is 64.4 Å². The Hall–Kier alpha value is -2.33. The number of ether oxygens (including phenoxy) is 1. The predicted molar refractivity (Wildman–Crippen MR) is 88.6 cm³/mol. The van der Waals surface area contributed by atoms with Gasteiger partial charge in [0.2, 0.25) is 5.91 Å². The summed E-state index contributed by atoms with van der Waals surface area (Å²) >= 11 is 6.34. The lowest BCUT2D eigenvalue weighted by Gasteiger charge is -2.23. The molecule has 0 radical (unpaired) electrons. The molecule has 1 aliphatic heterocycles. The Kier molecular flexibility index (Phi) is 4.35. The maximum Gasteiger partial charge on any atom is 0.224 e. The molecule has 0 atom stereocenters. The fourth-order valence-corrected chi connectivity index (χ4v) is 2.87. The van der Waals surface area contributed by atoms with Crippen LogP contribution >= 0.6 is 11.6 Å². The molecule has 3 nitrogen and oxygen atoms in total. The number of hydrogen-bond acceptors (Lipinski definition) is 2. The van der Waals surface area contributed by atoms with E-state index < -0.39 is 0 Å². The third-order valence-electron chi connectivity index (χ3n) is 3.80. The Balaban J connectivity index is 2.17. The van der Waals surface area contributed by atoms with Crippen LogP contribution < -0.4 is 10.1 Å². The van der Waals surface area contributed by atoms with E-state index in [-0.39, 0.29) is 11.7 Å². The summed E-state index contributed by atoms with van der Waals surface area (Å²) < 4.78 is 18.4.